The maximum absolute atomic E-state index is 11.4. The summed E-state index contributed by atoms with van der Waals surface area (Å²) in [6, 6.07) is 18.5. The second-order valence-electron chi connectivity index (χ2n) is 5.72. The number of benzene rings is 3. The molecule has 124 valence electrons. The lowest BCUT2D eigenvalue weighted by Crippen LogP contribution is -2.35. The first-order chi connectivity index (χ1) is 12.1. The van der Waals surface area contributed by atoms with Gasteiger partial charge in [-0.2, -0.15) is 0 Å². The van der Waals surface area contributed by atoms with E-state index in [1.807, 2.05) is 30.3 Å². The summed E-state index contributed by atoms with van der Waals surface area (Å²) in [6.07, 6.45) is 0. The summed E-state index contributed by atoms with van der Waals surface area (Å²) < 4.78 is 11.5. The third kappa shape index (κ3) is 2.21. The zero-order chi connectivity index (χ0) is 17.4. The molecule has 0 saturated carbocycles. The number of aromatic hydroxyl groups is 2. The van der Waals surface area contributed by atoms with Gasteiger partial charge in [0.2, 0.25) is 0 Å². The zero-order valence-corrected chi connectivity index (χ0v) is 13.0. The van der Waals surface area contributed by atoms with Crippen molar-refractivity contribution < 1.29 is 24.5 Å². The van der Waals surface area contributed by atoms with E-state index in [-0.39, 0.29) is 11.5 Å². The van der Waals surface area contributed by atoms with Gasteiger partial charge in [-0.25, -0.2) is 0 Å². The van der Waals surface area contributed by atoms with E-state index >= 15 is 0 Å². The molecule has 0 aromatic heterocycles. The van der Waals surface area contributed by atoms with Crippen LogP contribution in [0.4, 0.5) is 0 Å². The topological polar surface area (TPSA) is 76.0 Å². The van der Waals surface area contributed by atoms with Crippen molar-refractivity contribution in [1.82, 2.24) is 0 Å². The second-order valence-corrected chi connectivity index (χ2v) is 5.72. The highest BCUT2D eigenvalue weighted by Crippen LogP contribution is 2.53. The minimum atomic E-state index is -1.24. The van der Waals surface area contributed by atoms with E-state index in [2.05, 4.69) is 0 Å². The number of phenols is 2. The molecule has 0 aliphatic carbocycles. The molecule has 0 saturated heterocycles. The SMILES string of the molecule is O=COC1(c2ccccc2)c2ccc(O)cc2Oc2cc(O)ccc21. The first-order valence-electron chi connectivity index (χ1n) is 7.67. The molecule has 0 unspecified atom stereocenters. The van der Waals surface area contributed by atoms with E-state index in [9.17, 15) is 15.0 Å². The molecule has 0 spiro atoms. The molecule has 0 amide bonds. The molecule has 4 rings (SSSR count). The lowest BCUT2D eigenvalue weighted by Gasteiger charge is -2.38. The standard InChI is InChI=1S/C20H14O5/c21-12-24-20(13-4-2-1-3-5-13)16-8-6-14(22)10-18(16)25-19-11-15(23)7-9-17(19)20/h1-12,22-23H. The highest BCUT2D eigenvalue weighted by Gasteiger charge is 2.46. The normalized spacial score (nSPS) is 13.9. The summed E-state index contributed by atoms with van der Waals surface area (Å²) in [5.41, 5.74) is 0.653. The number of carbonyl (C=O) groups excluding carboxylic acids is 1. The minimum Gasteiger partial charge on any atom is -0.508 e. The van der Waals surface area contributed by atoms with E-state index in [1.165, 1.54) is 24.3 Å². The van der Waals surface area contributed by atoms with Gasteiger partial charge in [0.05, 0.1) is 0 Å². The van der Waals surface area contributed by atoms with E-state index in [1.54, 1.807) is 12.1 Å². The van der Waals surface area contributed by atoms with E-state index in [4.69, 9.17) is 9.47 Å². The average molecular weight is 334 g/mol. The van der Waals surface area contributed by atoms with Gasteiger partial charge >= 0.3 is 0 Å². The molecule has 5 nitrogen and oxygen atoms in total. The van der Waals surface area contributed by atoms with Gasteiger partial charge in [0.1, 0.15) is 23.0 Å². The molecule has 0 atom stereocenters. The monoisotopic (exact) mass is 334 g/mol. The molecule has 0 fully saturated rings. The van der Waals surface area contributed by atoms with Gasteiger partial charge in [0.15, 0.2) is 5.60 Å². The summed E-state index contributed by atoms with van der Waals surface area (Å²) in [5, 5.41) is 19.6. The number of carbonyl (C=O) groups is 1. The Morgan fingerprint density at radius 1 is 0.840 bits per heavy atom. The molecular weight excluding hydrogens is 320 g/mol. The smallest absolute Gasteiger partial charge is 0.294 e. The number of rotatable bonds is 3. The Labute approximate surface area is 143 Å². The molecular formula is C20H14O5. The van der Waals surface area contributed by atoms with E-state index < -0.39 is 5.60 Å². The number of ether oxygens (including phenoxy) is 2. The fourth-order valence-corrected chi connectivity index (χ4v) is 3.29. The van der Waals surface area contributed by atoms with Gasteiger partial charge in [-0.05, 0) is 24.3 Å². The first kappa shape index (κ1) is 15.1. The Bertz CT molecular complexity index is 898. The van der Waals surface area contributed by atoms with E-state index in [0.717, 1.165) is 5.56 Å². The Hall–Kier alpha value is -3.47. The quantitative estimate of drug-likeness (QED) is 0.715. The van der Waals surface area contributed by atoms with Crippen LogP contribution in [0.15, 0.2) is 66.7 Å². The third-order valence-electron chi connectivity index (χ3n) is 4.31. The van der Waals surface area contributed by atoms with Crippen LogP contribution < -0.4 is 4.74 Å². The lowest BCUT2D eigenvalue weighted by atomic mass is 9.77. The summed E-state index contributed by atoms with van der Waals surface area (Å²) in [4.78, 5) is 11.4. The van der Waals surface area contributed by atoms with Gasteiger partial charge in [0.25, 0.3) is 6.47 Å². The molecule has 2 N–H and O–H groups in total. The largest absolute Gasteiger partial charge is 0.508 e. The fraction of sp³-hybridized carbons (Fsp3) is 0.0500. The van der Waals surface area contributed by atoms with Crippen molar-refractivity contribution in [2.45, 2.75) is 5.60 Å². The lowest BCUT2D eigenvalue weighted by molar-refractivity contribution is -0.137. The molecule has 1 aliphatic rings. The predicted octanol–water partition coefficient (Wildman–Crippen LogP) is 3.67. The number of hydrogen-bond donors (Lipinski definition) is 2. The first-order valence-corrected chi connectivity index (χ1v) is 7.67. The molecule has 1 aliphatic heterocycles. The maximum Gasteiger partial charge on any atom is 0.294 e. The van der Waals surface area contributed by atoms with Crippen LogP contribution in [-0.4, -0.2) is 16.7 Å². The number of fused-ring (bicyclic) bond motifs is 2. The Kier molecular flexibility index (Phi) is 3.35. The molecule has 5 heteroatoms. The van der Waals surface area contributed by atoms with Gasteiger partial charge in [0, 0.05) is 28.8 Å². The number of hydrogen-bond acceptors (Lipinski definition) is 5. The zero-order valence-electron chi connectivity index (χ0n) is 13.0. The minimum absolute atomic E-state index is 0.0235. The molecule has 1 heterocycles. The van der Waals surface area contributed by atoms with Crippen molar-refractivity contribution in [3.8, 4) is 23.0 Å². The predicted molar refractivity (Wildman–Crippen MR) is 89.8 cm³/mol. The summed E-state index contributed by atoms with van der Waals surface area (Å²) in [5.74, 6) is 0.749. The summed E-state index contributed by atoms with van der Waals surface area (Å²) >= 11 is 0. The van der Waals surface area contributed by atoms with Crippen LogP contribution >= 0.6 is 0 Å². The Morgan fingerprint density at radius 3 is 1.92 bits per heavy atom. The highest BCUT2D eigenvalue weighted by atomic mass is 16.5. The maximum atomic E-state index is 11.4. The second kappa shape index (κ2) is 5.56. The molecule has 3 aromatic carbocycles. The summed E-state index contributed by atoms with van der Waals surface area (Å²) in [6.45, 7) is 0.394. The molecule has 3 aromatic rings. The Balaban J connectivity index is 2.10. The average Bonchev–Trinajstić information content (AvgIpc) is 2.61. The Morgan fingerprint density at radius 2 is 1.40 bits per heavy atom. The molecule has 25 heavy (non-hydrogen) atoms. The molecule has 0 bridgehead atoms. The van der Waals surface area contributed by atoms with Gasteiger partial charge < -0.3 is 19.7 Å². The van der Waals surface area contributed by atoms with Crippen LogP contribution in [0.3, 0.4) is 0 Å². The van der Waals surface area contributed by atoms with Crippen LogP contribution in [0.2, 0.25) is 0 Å². The van der Waals surface area contributed by atoms with Crippen molar-refractivity contribution >= 4 is 6.47 Å². The fourth-order valence-electron chi connectivity index (χ4n) is 3.29. The van der Waals surface area contributed by atoms with Crippen molar-refractivity contribution in [3.63, 3.8) is 0 Å². The molecule has 0 radical (unpaired) electrons. The highest BCUT2D eigenvalue weighted by molar-refractivity contribution is 5.65. The van der Waals surface area contributed by atoms with Crippen molar-refractivity contribution in [3.05, 3.63) is 83.4 Å². The summed E-state index contributed by atoms with van der Waals surface area (Å²) in [7, 11) is 0. The third-order valence-corrected chi connectivity index (χ3v) is 4.31. The van der Waals surface area contributed by atoms with Crippen LogP contribution in [0.5, 0.6) is 23.0 Å². The van der Waals surface area contributed by atoms with Gasteiger partial charge in [-0.1, -0.05) is 30.3 Å². The van der Waals surface area contributed by atoms with E-state index in [0.29, 0.717) is 29.1 Å². The van der Waals surface area contributed by atoms with Crippen LogP contribution in [0.1, 0.15) is 16.7 Å². The van der Waals surface area contributed by atoms with Crippen molar-refractivity contribution in [2.24, 2.45) is 0 Å². The van der Waals surface area contributed by atoms with Gasteiger partial charge in [-0.3, -0.25) is 4.79 Å². The van der Waals surface area contributed by atoms with Crippen molar-refractivity contribution in [2.75, 3.05) is 0 Å². The number of phenolic OH excluding ortho intramolecular Hbond substituents is 2. The van der Waals surface area contributed by atoms with Crippen LogP contribution in [0.25, 0.3) is 0 Å². The van der Waals surface area contributed by atoms with Crippen LogP contribution in [0, 0.1) is 0 Å². The van der Waals surface area contributed by atoms with Crippen LogP contribution in [-0.2, 0) is 15.1 Å². The van der Waals surface area contributed by atoms with Crippen molar-refractivity contribution in [1.29, 1.82) is 0 Å². The van der Waals surface area contributed by atoms with Gasteiger partial charge in [-0.15, -0.1) is 0 Å².